The monoisotopic (exact) mass is 142 g/mol. The number of hydrogen-bond acceptors (Lipinski definition) is 3. The van der Waals surface area contributed by atoms with E-state index in [0.717, 1.165) is 0 Å². The van der Waals surface area contributed by atoms with E-state index in [-0.39, 0.29) is 11.8 Å². The molecule has 0 spiro atoms. The first kappa shape index (κ1) is 9.17. The number of nitrogens with one attached hydrogen (secondary N) is 1. The summed E-state index contributed by atoms with van der Waals surface area (Å²) in [5.41, 5.74) is 5.18. The van der Waals surface area contributed by atoms with Crippen LogP contribution in [-0.4, -0.2) is 18.4 Å². The lowest BCUT2D eigenvalue weighted by atomic mass is 10.2. The summed E-state index contributed by atoms with van der Waals surface area (Å²) in [5, 5.41) is 2.87. The van der Waals surface area contributed by atoms with E-state index >= 15 is 0 Å². The van der Waals surface area contributed by atoms with Crippen molar-refractivity contribution in [3.05, 3.63) is 12.3 Å². The van der Waals surface area contributed by atoms with Crippen molar-refractivity contribution in [2.75, 3.05) is 6.54 Å². The Kier molecular flexibility index (Phi) is 4.58. The number of Topliss-reactive ketones (excluding diaryl/α,β-unsaturated/α-hetero) is 1. The molecular weight excluding hydrogens is 128 g/mol. The molecule has 0 fully saturated rings. The second kappa shape index (κ2) is 4.99. The molecular formula is C7H14N2O. The fourth-order valence-electron chi connectivity index (χ4n) is 0.398. The summed E-state index contributed by atoms with van der Waals surface area (Å²) in [6.45, 7) is 3.86. The Hall–Kier alpha value is -0.830. The fourth-order valence-corrected chi connectivity index (χ4v) is 0.398. The van der Waals surface area contributed by atoms with Crippen molar-refractivity contribution in [3.8, 4) is 0 Å². The van der Waals surface area contributed by atoms with Gasteiger partial charge in [0.15, 0.2) is 5.78 Å². The Morgan fingerprint density at radius 2 is 2.40 bits per heavy atom. The Labute approximate surface area is 61.3 Å². The highest BCUT2D eigenvalue weighted by molar-refractivity contribution is 5.81. The zero-order valence-corrected chi connectivity index (χ0v) is 6.42. The normalized spacial score (nSPS) is 13.5. The summed E-state index contributed by atoms with van der Waals surface area (Å²) < 4.78 is 0. The maximum atomic E-state index is 10.6. The highest BCUT2D eigenvalue weighted by Crippen LogP contribution is 1.81. The zero-order valence-electron chi connectivity index (χ0n) is 6.42. The van der Waals surface area contributed by atoms with Gasteiger partial charge in [0.25, 0.3) is 0 Å². The second-order valence-electron chi connectivity index (χ2n) is 2.14. The third-order valence-electron chi connectivity index (χ3n) is 1.21. The van der Waals surface area contributed by atoms with Gasteiger partial charge in [-0.25, -0.2) is 0 Å². The van der Waals surface area contributed by atoms with Gasteiger partial charge in [0.1, 0.15) is 0 Å². The van der Waals surface area contributed by atoms with E-state index in [2.05, 4.69) is 5.32 Å². The molecule has 1 atom stereocenters. The number of hydrogen-bond donors (Lipinski definition) is 2. The predicted molar refractivity (Wildman–Crippen MR) is 41.5 cm³/mol. The van der Waals surface area contributed by atoms with Crippen LogP contribution >= 0.6 is 0 Å². The lowest BCUT2D eigenvalue weighted by Gasteiger charge is -2.05. The maximum Gasteiger partial charge on any atom is 0.151 e. The van der Waals surface area contributed by atoms with Gasteiger partial charge in [-0.3, -0.25) is 4.79 Å². The third-order valence-corrected chi connectivity index (χ3v) is 1.21. The number of carbonyl (C=O) groups excluding carboxylic acids is 1. The first-order chi connectivity index (χ1) is 4.68. The topological polar surface area (TPSA) is 55.1 Å². The van der Waals surface area contributed by atoms with E-state index in [1.165, 1.54) is 0 Å². The number of ketones is 1. The molecule has 0 aromatic heterocycles. The second-order valence-corrected chi connectivity index (χ2v) is 2.14. The molecule has 0 aliphatic heterocycles. The quantitative estimate of drug-likeness (QED) is 0.582. The van der Waals surface area contributed by atoms with Crippen LogP contribution < -0.4 is 11.1 Å². The Balaban J connectivity index is 3.48. The smallest absolute Gasteiger partial charge is 0.151 e. The molecule has 0 aliphatic carbocycles. The largest absolute Gasteiger partial charge is 0.382 e. The number of carbonyl (C=O) groups is 1. The van der Waals surface area contributed by atoms with E-state index in [1.54, 1.807) is 19.2 Å². The van der Waals surface area contributed by atoms with Gasteiger partial charge < -0.3 is 11.1 Å². The molecule has 58 valence electrons. The van der Waals surface area contributed by atoms with Crippen molar-refractivity contribution in [2.45, 2.75) is 19.9 Å². The molecule has 0 saturated carbocycles. The molecule has 10 heavy (non-hydrogen) atoms. The Morgan fingerprint density at radius 3 is 2.80 bits per heavy atom. The van der Waals surface area contributed by atoms with Crippen LogP contribution in [0.15, 0.2) is 12.3 Å². The van der Waals surface area contributed by atoms with Gasteiger partial charge in [0, 0.05) is 6.54 Å². The number of rotatable bonds is 4. The van der Waals surface area contributed by atoms with Crippen molar-refractivity contribution >= 4 is 5.78 Å². The van der Waals surface area contributed by atoms with Crippen LogP contribution in [0.4, 0.5) is 0 Å². The van der Waals surface area contributed by atoms with Crippen LogP contribution in [-0.2, 0) is 4.79 Å². The molecule has 0 heterocycles. The SMILES string of the molecule is CC(=O)C(C)N/C=C/CN. The van der Waals surface area contributed by atoms with Gasteiger partial charge >= 0.3 is 0 Å². The molecule has 0 aliphatic rings. The zero-order chi connectivity index (χ0) is 7.98. The molecule has 0 bridgehead atoms. The molecule has 0 aromatic rings. The van der Waals surface area contributed by atoms with E-state index in [0.29, 0.717) is 6.54 Å². The van der Waals surface area contributed by atoms with E-state index in [1.807, 2.05) is 6.92 Å². The van der Waals surface area contributed by atoms with E-state index in [4.69, 9.17) is 5.73 Å². The molecule has 0 saturated heterocycles. The highest BCUT2D eigenvalue weighted by Gasteiger charge is 2.01. The average Bonchev–Trinajstić information content (AvgIpc) is 1.88. The maximum absolute atomic E-state index is 10.6. The first-order valence-electron chi connectivity index (χ1n) is 3.30. The predicted octanol–water partition coefficient (Wildman–Crippen LogP) is 0.0259. The number of nitrogens with two attached hydrogens (primary N) is 1. The van der Waals surface area contributed by atoms with Gasteiger partial charge in [-0.15, -0.1) is 0 Å². The third kappa shape index (κ3) is 4.09. The standard InChI is InChI=1S/C7H14N2O/c1-6(7(2)10)9-5-3-4-8/h3,5-6,9H,4,8H2,1-2H3/b5-3+. The van der Waals surface area contributed by atoms with E-state index in [9.17, 15) is 4.79 Å². The summed E-state index contributed by atoms with van der Waals surface area (Å²) in [6.07, 6.45) is 3.46. The van der Waals surface area contributed by atoms with Gasteiger partial charge in [-0.2, -0.15) is 0 Å². The molecule has 3 heteroatoms. The summed E-state index contributed by atoms with van der Waals surface area (Å²) in [6, 6.07) is -0.109. The highest BCUT2D eigenvalue weighted by atomic mass is 16.1. The van der Waals surface area contributed by atoms with E-state index < -0.39 is 0 Å². The lowest BCUT2D eigenvalue weighted by Crippen LogP contribution is -2.27. The summed E-state index contributed by atoms with van der Waals surface area (Å²) in [4.78, 5) is 10.6. The molecule has 3 N–H and O–H groups in total. The Bertz CT molecular complexity index is 132. The summed E-state index contributed by atoms with van der Waals surface area (Å²) in [5.74, 6) is 0.127. The molecule has 0 amide bonds. The van der Waals surface area contributed by atoms with Crippen LogP contribution in [0.2, 0.25) is 0 Å². The van der Waals surface area contributed by atoms with Crippen molar-refractivity contribution in [1.29, 1.82) is 0 Å². The molecule has 0 rings (SSSR count). The summed E-state index contributed by atoms with van der Waals surface area (Å²) in [7, 11) is 0. The van der Waals surface area contributed by atoms with Crippen molar-refractivity contribution < 1.29 is 4.79 Å². The van der Waals surface area contributed by atoms with Gasteiger partial charge in [0.05, 0.1) is 6.04 Å². The summed E-state index contributed by atoms with van der Waals surface area (Å²) >= 11 is 0. The Morgan fingerprint density at radius 1 is 1.80 bits per heavy atom. The van der Waals surface area contributed by atoms with Crippen LogP contribution in [0.25, 0.3) is 0 Å². The first-order valence-corrected chi connectivity index (χ1v) is 3.30. The molecule has 0 aromatic carbocycles. The van der Waals surface area contributed by atoms with Crippen LogP contribution in [0.3, 0.4) is 0 Å². The van der Waals surface area contributed by atoms with Crippen molar-refractivity contribution in [2.24, 2.45) is 5.73 Å². The molecule has 1 unspecified atom stereocenters. The van der Waals surface area contributed by atoms with Crippen LogP contribution in [0, 0.1) is 0 Å². The fraction of sp³-hybridized carbons (Fsp3) is 0.571. The molecule has 3 nitrogen and oxygen atoms in total. The minimum atomic E-state index is -0.109. The van der Waals surface area contributed by atoms with Crippen LogP contribution in [0.1, 0.15) is 13.8 Å². The minimum absolute atomic E-state index is 0.109. The van der Waals surface area contributed by atoms with Gasteiger partial charge in [-0.1, -0.05) is 6.08 Å². The molecule has 0 radical (unpaired) electrons. The van der Waals surface area contributed by atoms with Crippen LogP contribution in [0.5, 0.6) is 0 Å². The van der Waals surface area contributed by atoms with Crippen molar-refractivity contribution in [1.82, 2.24) is 5.32 Å². The lowest BCUT2D eigenvalue weighted by molar-refractivity contribution is -0.118. The van der Waals surface area contributed by atoms with Gasteiger partial charge in [0.2, 0.25) is 0 Å². The van der Waals surface area contributed by atoms with Crippen molar-refractivity contribution in [3.63, 3.8) is 0 Å². The minimum Gasteiger partial charge on any atom is -0.382 e. The average molecular weight is 142 g/mol. The van der Waals surface area contributed by atoms with Gasteiger partial charge in [-0.05, 0) is 20.0 Å².